The van der Waals surface area contributed by atoms with Crippen molar-refractivity contribution in [2.75, 3.05) is 45.8 Å². The zero-order chi connectivity index (χ0) is 14.3. The summed E-state index contributed by atoms with van der Waals surface area (Å²) in [5, 5.41) is 3.09. The van der Waals surface area contributed by atoms with E-state index in [0.717, 1.165) is 52.1 Å². The lowest BCUT2D eigenvalue weighted by Crippen LogP contribution is -2.52. The Morgan fingerprint density at radius 3 is 2.32 bits per heavy atom. The van der Waals surface area contributed by atoms with Crippen LogP contribution in [0.3, 0.4) is 0 Å². The van der Waals surface area contributed by atoms with Crippen LogP contribution < -0.4 is 11.1 Å². The third-order valence-electron chi connectivity index (χ3n) is 3.87. The van der Waals surface area contributed by atoms with Gasteiger partial charge in [0.25, 0.3) is 0 Å². The van der Waals surface area contributed by atoms with Gasteiger partial charge in [-0.25, -0.2) is 0 Å². The molecule has 0 unspecified atom stereocenters. The quantitative estimate of drug-likeness (QED) is 0.696. The number of piperazine rings is 1. The van der Waals surface area contributed by atoms with Crippen molar-refractivity contribution in [3.8, 4) is 0 Å². The molecule has 0 spiro atoms. The van der Waals surface area contributed by atoms with Crippen molar-refractivity contribution in [1.82, 2.24) is 15.1 Å². The van der Waals surface area contributed by atoms with Crippen LogP contribution in [-0.2, 0) is 4.79 Å². The van der Waals surface area contributed by atoms with E-state index in [2.05, 4.69) is 35.9 Å². The maximum absolute atomic E-state index is 12.0. The highest BCUT2D eigenvalue weighted by atomic mass is 16.2. The van der Waals surface area contributed by atoms with Crippen molar-refractivity contribution in [2.45, 2.75) is 39.2 Å². The summed E-state index contributed by atoms with van der Waals surface area (Å²) < 4.78 is 0. The summed E-state index contributed by atoms with van der Waals surface area (Å²) in [7, 11) is 0. The molecule has 5 nitrogen and oxygen atoms in total. The average molecular weight is 270 g/mol. The normalized spacial score (nSPS) is 18.5. The first-order chi connectivity index (χ1) is 8.96. The van der Waals surface area contributed by atoms with E-state index in [-0.39, 0.29) is 11.4 Å². The fourth-order valence-electron chi connectivity index (χ4n) is 2.19. The van der Waals surface area contributed by atoms with Crippen LogP contribution in [0.25, 0.3) is 0 Å². The maximum atomic E-state index is 12.0. The van der Waals surface area contributed by atoms with E-state index in [4.69, 9.17) is 5.73 Å². The highest BCUT2D eigenvalue weighted by Crippen LogP contribution is 2.07. The molecule has 0 aromatic heterocycles. The minimum absolute atomic E-state index is 0.0972. The second-order valence-corrected chi connectivity index (χ2v) is 6.05. The number of carbonyl (C=O) groups is 1. The predicted molar refractivity (Wildman–Crippen MR) is 79.1 cm³/mol. The third-order valence-corrected chi connectivity index (χ3v) is 3.87. The Morgan fingerprint density at radius 1 is 1.21 bits per heavy atom. The van der Waals surface area contributed by atoms with Crippen LogP contribution in [0.5, 0.6) is 0 Å². The number of amides is 1. The molecule has 0 aliphatic carbocycles. The van der Waals surface area contributed by atoms with Gasteiger partial charge in [0.05, 0.1) is 6.54 Å². The van der Waals surface area contributed by atoms with E-state index in [1.165, 1.54) is 0 Å². The number of nitrogens with one attached hydrogen (secondary N) is 1. The first-order valence-electron chi connectivity index (χ1n) is 7.42. The van der Waals surface area contributed by atoms with Gasteiger partial charge < -0.3 is 16.0 Å². The molecule has 1 aliphatic rings. The second-order valence-electron chi connectivity index (χ2n) is 6.05. The molecular weight excluding hydrogens is 240 g/mol. The summed E-state index contributed by atoms with van der Waals surface area (Å²) >= 11 is 0. The lowest BCUT2D eigenvalue weighted by molar-refractivity contribution is -0.124. The van der Waals surface area contributed by atoms with Gasteiger partial charge in [0.2, 0.25) is 5.91 Å². The molecule has 1 heterocycles. The van der Waals surface area contributed by atoms with Crippen LogP contribution in [0, 0.1) is 0 Å². The third kappa shape index (κ3) is 6.36. The summed E-state index contributed by atoms with van der Waals surface area (Å²) in [6.45, 7) is 12.6. The minimum atomic E-state index is -0.0972. The van der Waals surface area contributed by atoms with Crippen LogP contribution in [0.15, 0.2) is 0 Å². The molecule has 1 fully saturated rings. The Bertz CT molecular complexity index is 273. The number of hydrogen-bond acceptors (Lipinski definition) is 4. The Hall–Kier alpha value is -0.650. The second kappa shape index (κ2) is 7.82. The smallest absolute Gasteiger partial charge is 0.234 e. The molecule has 0 aromatic rings. The molecule has 0 saturated carbocycles. The summed E-state index contributed by atoms with van der Waals surface area (Å²) in [6, 6.07) is 0. The zero-order valence-corrected chi connectivity index (χ0v) is 12.7. The predicted octanol–water partition coefficient (Wildman–Crippen LogP) is 0.258. The lowest BCUT2D eigenvalue weighted by Gasteiger charge is -2.35. The fourth-order valence-corrected chi connectivity index (χ4v) is 2.19. The molecule has 5 heteroatoms. The van der Waals surface area contributed by atoms with Crippen molar-refractivity contribution in [2.24, 2.45) is 5.73 Å². The van der Waals surface area contributed by atoms with Crippen molar-refractivity contribution in [3.63, 3.8) is 0 Å². The highest BCUT2D eigenvalue weighted by Gasteiger charge is 2.22. The minimum Gasteiger partial charge on any atom is -0.350 e. The van der Waals surface area contributed by atoms with E-state index in [1.807, 2.05) is 0 Å². The van der Waals surface area contributed by atoms with Gasteiger partial charge in [-0.15, -0.1) is 0 Å². The SMILES string of the molecule is CCC(C)(C)NC(=O)CN1CCN(CCCN)CC1. The summed E-state index contributed by atoms with van der Waals surface area (Å²) in [5.41, 5.74) is 5.42. The molecule has 19 heavy (non-hydrogen) atoms. The van der Waals surface area contributed by atoms with Gasteiger partial charge >= 0.3 is 0 Å². The van der Waals surface area contributed by atoms with E-state index < -0.39 is 0 Å². The summed E-state index contributed by atoms with van der Waals surface area (Å²) in [6.07, 6.45) is 2.01. The molecule has 1 amide bonds. The Balaban J connectivity index is 2.23. The lowest BCUT2D eigenvalue weighted by atomic mass is 10.0. The van der Waals surface area contributed by atoms with Gasteiger partial charge in [0.15, 0.2) is 0 Å². The zero-order valence-electron chi connectivity index (χ0n) is 12.7. The van der Waals surface area contributed by atoms with Crippen molar-refractivity contribution in [1.29, 1.82) is 0 Å². The van der Waals surface area contributed by atoms with Gasteiger partial charge in [-0.2, -0.15) is 0 Å². The van der Waals surface area contributed by atoms with Crippen LogP contribution in [-0.4, -0.2) is 67.1 Å². The van der Waals surface area contributed by atoms with Gasteiger partial charge in [-0.3, -0.25) is 9.69 Å². The average Bonchev–Trinajstić information content (AvgIpc) is 2.37. The highest BCUT2D eigenvalue weighted by molar-refractivity contribution is 5.78. The molecular formula is C14H30N4O. The largest absolute Gasteiger partial charge is 0.350 e. The van der Waals surface area contributed by atoms with E-state index >= 15 is 0 Å². The van der Waals surface area contributed by atoms with Crippen molar-refractivity contribution < 1.29 is 4.79 Å². The molecule has 0 bridgehead atoms. The molecule has 0 atom stereocenters. The summed E-state index contributed by atoms with van der Waals surface area (Å²) in [5.74, 6) is 0.141. The van der Waals surface area contributed by atoms with Crippen LogP contribution >= 0.6 is 0 Å². The van der Waals surface area contributed by atoms with E-state index in [0.29, 0.717) is 6.54 Å². The number of hydrogen-bond donors (Lipinski definition) is 2. The number of rotatable bonds is 7. The first-order valence-corrected chi connectivity index (χ1v) is 7.42. The van der Waals surface area contributed by atoms with Crippen LogP contribution in [0.2, 0.25) is 0 Å². The Morgan fingerprint density at radius 2 is 1.79 bits per heavy atom. The standard InChI is InChI=1S/C14H30N4O/c1-4-14(2,3)16-13(19)12-18-10-8-17(9-11-18)7-5-6-15/h4-12,15H2,1-3H3,(H,16,19). The molecule has 1 rings (SSSR count). The Labute approximate surface area is 117 Å². The first kappa shape index (κ1) is 16.4. The van der Waals surface area contributed by atoms with Gasteiger partial charge in [-0.05, 0) is 39.8 Å². The topological polar surface area (TPSA) is 61.6 Å². The number of nitrogens with zero attached hydrogens (tertiary/aromatic N) is 2. The monoisotopic (exact) mass is 270 g/mol. The molecule has 0 aromatic carbocycles. The van der Waals surface area contributed by atoms with Gasteiger partial charge in [0, 0.05) is 31.7 Å². The molecule has 1 saturated heterocycles. The fraction of sp³-hybridized carbons (Fsp3) is 0.929. The van der Waals surface area contributed by atoms with E-state index in [1.54, 1.807) is 0 Å². The molecule has 112 valence electrons. The number of nitrogens with two attached hydrogens (primary N) is 1. The van der Waals surface area contributed by atoms with Crippen LogP contribution in [0.4, 0.5) is 0 Å². The van der Waals surface area contributed by atoms with E-state index in [9.17, 15) is 4.79 Å². The molecule has 0 radical (unpaired) electrons. The molecule has 3 N–H and O–H groups in total. The van der Waals surface area contributed by atoms with Crippen molar-refractivity contribution in [3.05, 3.63) is 0 Å². The molecule has 1 aliphatic heterocycles. The summed E-state index contributed by atoms with van der Waals surface area (Å²) in [4.78, 5) is 16.6. The van der Waals surface area contributed by atoms with Gasteiger partial charge in [0.1, 0.15) is 0 Å². The maximum Gasteiger partial charge on any atom is 0.234 e. The Kier molecular flexibility index (Phi) is 6.75. The van der Waals surface area contributed by atoms with Crippen molar-refractivity contribution >= 4 is 5.91 Å². The van der Waals surface area contributed by atoms with Crippen LogP contribution in [0.1, 0.15) is 33.6 Å². The number of carbonyl (C=O) groups excluding carboxylic acids is 1. The van der Waals surface area contributed by atoms with Gasteiger partial charge in [-0.1, -0.05) is 6.92 Å².